The average molecular weight is 160 g/mol. The Morgan fingerprint density at radius 1 is 1.50 bits per heavy atom. The second kappa shape index (κ2) is 2.63. The van der Waals surface area contributed by atoms with Crippen LogP contribution in [0.25, 0.3) is 0 Å². The molecule has 0 bridgehead atoms. The number of carbonyl (C=O) groups is 1. The van der Waals surface area contributed by atoms with E-state index in [0.717, 1.165) is 12.1 Å². The molecule has 1 heterocycles. The molecular weight excluding hydrogens is 150 g/mol. The molecule has 2 rings (SSSR count). The minimum atomic E-state index is 0.185. The normalized spacial score (nSPS) is 16.1. The number of anilines is 1. The molecule has 1 aliphatic rings. The molecule has 2 nitrogen and oxygen atoms in total. The average Bonchev–Trinajstić information content (AvgIpc) is 2.12. The van der Waals surface area contributed by atoms with Crippen LogP contribution in [0.5, 0.6) is 0 Å². The molecule has 1 radical (unpaired) electrons. The Hall–Kier alpha value is -1.31. The van der Waals surface area contributed by atoms with Gasteiger partial charge in [-0.15, -0.1) is 0 Å². The Morgan fingerprint density at radius 2 is 2.33 bits per heavy atom. The van der Waals surface area contributed by atoms with Gasteiger partial charge in [-0.1, -0.05) is 18.2 Å². The second-order valence-corrected chi connectivity index (χ2v) is 3.00. The van der Waals surface area contributed by atoms with Gasteiger partial charge in [0.15, 0.2) is 0 Å². The molecule has 1 amide bonds. The molecule has 0 saturated heterocycles. The van der Waals surface area contributed by atoms with Crippen molar-refractivity contribution in [3.8, 4) is 0 Å². The van der Waals surface area contributed by atoms with Crippen molar-refractivity contribution in [2.24, 2.45) is 0 Å². The predicted octanol–water partition coefficient (Wildman–Crippen LogP) is 1.40. The summed E-state index contributed by atoms with van der Waals surface area (Å²) >= 11 is 0. The van der Waals surface area contributed by atoms with Crippen molar-refractivity contribution in [1.29, 1.82) is 0 Å². The maximum atomic E-state index is 11.3. The number of para-hydroxylation sites is 1. The zero-order chi connectivity index (χ0) is 8.55. The largest absolute Gasteiger partial charge is 0.315 e. The van der Waals surface area contributed by atoms with E-state index < -0.39 is 0 Å². The number of rotatable bonds is 0. The summed E-state index contributed by atoms with van der Waals surface area (Å²) in [6.07, 6.45) is 1.48. The van der Waals surface area contributed by atoms with Crippen molar-refractivity contribution in [1.82, 2.24) is 0 Å². The zero-order valence-electron chi connectivity index (χ0n) is 7.00. The first-order valence-corrected chi connectivity index (χ1v) is 4.05. The van der Waals surface area contributed by atoms with E-state index in [1.807, 2.05) is 12.1 Å². The van der Waals surface area contributed by atoms with E-state index in [-0.39, 0.29) is 5.91 Å². The maximum Gasteiger partial charge on any atom is 0.227 e. The number of hydrogen-bond donors (Lipinski definition) is 0. The standard InChI is InChI=1S/C10H10NO/c1-11-9-5-3-2-4-8(9)6-7-10(11)12/h2-4H,6-7H2,1H3. The quantitative estimate of drug-likeness (QED) is 0.561. The van der Waals surface area contributed by atoms with Gasteiger partial charge in [-0.05, 0) is 12.0 Å². The molecule has 0 fully saturated rings. The molecular formula is C10H10NO. The Morgan fingerprint density at radius 3 is 3.17 bits per heavy atom. The van der Waals surface area contributed by atoms with E-state index in [2.05, 4.69) is 12.1 Å². The Bertz CT molecular complexity index is 319. The van der Waals surface area contributed by atoms with E-state index in [4.69, 9.17) is 0 Å². The smallest absolute Gasteiger partial charge is 0.227 e. The number of amides is 1. The van der Waals surface area contributed by atoms with Crippen LogP contribution < -0.4 is 4.90 Å². The van der Waals surface area contributed by atoms with Crippen LogP contribution >= 0.6 is 0 Å². The van der Waals surface area contributed by atoms with Crippen LogP contribution in [0.4, 0.5) is 5.69 Å². The minimum Gasteiger partial charge on any atom is -0.315 e. The van der Waals surface area contributed by atoms with Gasteiger partial charge in [0.05, 0.1) is 5.69 Å². The van der Waals surface area contributed by atoms with Crippen LogP contribution in [0, 0.1) is 6.07 Å². The molecule has 0 aliphatic carbocycles. The monoisotopic (exact) mass is 160 g/mol. The summed E-state index contributed by atoms with van der Waals surface area (Å²) in [6.45, 7) is 0. The minimum absolute atomic E-state index is 0.185. The Kier molecular flexibility index (Phi) is 1.61. The highest BCUT2D eigenvalue weighted by atomic mass is 16.2. The molecule has 2 heteroatoms. The molecule has 0 N–H and O–H groups in total. The SMILES string of the molecule is CN1C(=O)CCc2ccc[c]c21. The van der Waals surface area contributed by atoms with Gasteiger partial charge in [0.2, 0.25) is 5.91 Å². The van der Waals surface area contributed by atoms with E-state index in [0.29, 0.717) is 6.42 Å². The molecule has 61 valence electrons. The summed E-state index contributed by atoms with van der Waals surface area (Å²) in [7, 11) is 1.80. The molecule has 0 aromatic heterocycles. The van der Waals surface area contributed by atoms with Gasteiger partial charge in [0, 0.05) is 19.5 Å². The highest BCUT2D eigenvalue weighted by Gasteiger charge is 2.19. The molecule has 0 atom stereocenters. The van der Waals surface area contributed by atoms with E-state index >= 15 is 0 Å². The summed E-state index contributed by atoms with van der Waals surface area (Å²) in [4.78, 5) is 12.9. The number of nitrogens with zero attached hydrogens (tertiary/aromatic N) is 1. The fourth-order valence-electron chi connectivity index (χ4n) is 1.51. The van der Waals surface area contributed by atoms with Crippen molar-refractivity contribution in [3.63, 3.8) is 0 Å². The van der Waals surface area contributed by atoms with Crippen molar-refractivity contribution < 1.29 is 4.79 Å². The molecule has 1 aromatic carbocycles. The number of benzene rings is 1. The van der Waals surface area contributed by atoms with Crippen LogP contribution in [-0.4, -0.2) is 13.0 Å². The third kappa shape index (κ3) is 0.998. The molecule has 0 saturated carbocycles. The Balaban J connectivity index is 2.48. The summed E-state index contributed by atoms with van der Waals surface area (Å²) in [5.41, 5.74) is 2.16. The molecule has 12 heavy (non-hydrogen) atoms. The van der Waals surface area contributed by atoms with Crippen LogP contribution in [0.1, 0.15) is 12.0 Å². The third-order valence-corrected chi connectivity index (χ3v) is 2.24. The van der Waals surface area contributed by atoms with Crippen molar-refractivity contribution in [2.75, 3.05) is 11.9 Å². The van der Waals surface area contributed by atoms with E-state index in [9.17, 15) is 4.79 Å². The lowest BCUT2D eigenvalue weighted by Gasteiger charge is -2.24. The lowest BCUT2D eigenvalue weighted by molar-refractivity contribution is -0.118. The van der Waals surface area contributed by atoms with Crippen LogP contribution in [-0.2, 0) is 11.2 Å². The Labute approximate surface area is 71.8 Å². The van der Waals surface area contributed by atoms with Gasteiger partial charge in [0.25, 0.3) is 0 Å². The fourth-order valence-corrected chi connectivity index (χ4v) is 1.51. The first-order valence-electron chi connectivity index (χ1n) is 4.05. The van der Waals surface area contributed by atoms with Crippen LogP contribution in [0.2, 0.25) is 0 Å². The topological polar surface area (TPSA) is 20.3 Å². The fraction of sp³-hybridized carbons (Fsp3) is 0.300. The van der Waals surface area contributed by atoms with Crippen molar-refractivity contribution in [2.45, 2.75) is 12.8 Å². The van der Waals surface area contributed by atoms with Gasteiger partial charge in [-0.2, -0.15) is 0 Å². The van der Waals surface area contributed by atoms with Crippen LogP contribution in [0.3, 0.4) is 0 Å². The zero-order valence-corrected chi connectivity index (χ0v) is 7.00. The van der Waals surface area contributed by atoms with Gasteiger partial charge < -0.3 is 4.90 Å². The first-order chi connectivity index (χ1) is 5.79. The highest BCUT2D eigenvalue weighted by molar-refractivity contribution is 5.95. The molecule has 1 aliphatic heterocycles. The second-order valence-electron chi connectivity index (χ2n) is 3.00. The predicted molar refractivity (Wildman–Crippen MR) is 47.0 cm³/mol. The van der Waals surface area contributed by atoms with E-state index in [1.54, 1.807) is 11.9 Å². The van der Waals surface area contributed by atoms with Gasteiger partial charge in [-0.3, -0.25) is 4.79 Å². The molecule has 0 spiro atoms. The van der Waals surface area contributed by atoms with E-state index in [1.165, 1.54) is 5.56 Å². The summed E-state index contributed by atoms with van der Waals surface area (Å²) in [6, 6.07) is 8.93. The summed E-state index contributed by atoms with van der Waals surface area (Å²) < 4.78 is 0. The lowest BCUT2D eigenvalue weighted by Crippen LogP contribution is -2.30. The van der Waals surface area contributed by atoms with Crippen molar-refractivity contribution in [3.05, 3.63) is 29.8 Å². The highest BCUT2D eigenvalue weighted by Crippen LogP contribution is 2.24. The number of hydrogen-bond acceptors (Lipinski definition) is 1. The van der Waals surface area contributed by atoms with Gasteiger partial charge in [0.1, 0.15) is 0 Å². The molecule has 1 aromatic rings. The maximum absolute atomic E-state index is 11.3. The van der Waals surface area contributed by atoms with Crippen LogP contribution in [0.15, 0.2) is 18.2 Å². The molecule has 0 unspecified atom stereocenters. The van der Waals surface area contributed by atoms with Gasteiger partial charge >= 0.3 is 0 Å². The first kappa shape index (κ1) is 7.35. The lowest BCUT2D eigenvalue weighted by atomic mass is 10.0. The van der Waals surface area contributed by atoms with Crippen molar-refractivity contribution >= 4 is 11.6 Å². The number of aryl methyl sites for hydroxylation is 1. The number of fused-ring (bicyclic) bond motifs is 1. The third-order valence-electron chi connectivity index (χ3n) is 2.24. The summed E-state index contributed by atoms with van der Waals surface area (Å²) in [5.74, 6) is 0.185. The number of carbonyl (C=O) groups excluding carboxylic acids is 1. The van der Waals surface area contributed by atoms with Gasteiger partial charge in [-0.25, -0.2) is 0 Å². The summed E-state index contributed by atoms with van der Waals surface area (Å²) in [5, 5.41) is 0.